The van der Waals surface area contributed by atoms with E-state index in [1.807, 2.05) is 6.92 Å². The normalized spacial score (nSPS) is 22.9. The van der Waals surface area contributed by atoms with Crippen LogP contribution in [0.5, 0.6) is 0 Å². The van der Waals surface area contributed by atoms with Crippen LogP contribution in [0.15, 0.2) is 12.4 Å². The van der Waals surface area contributed by atoms with E-state index in [2.05, 4.69) is 18.9 Å². The van der Waals surface area contributed by atoms with Crippen LogP contribution in [0.4, 0.5) is 0 Å². The molecule has 0 N–H and O–H groups in total. The first kappa shape index (κ1) is 14.1. The maximum atomic E-state index is 11.9. The van der Waals surface area contributed by atoms with Gasteiger partial charge in [0.05, 0.1) is 24.0 Å². The number of hydrogen-bond acceptors (Lipinski definition) is 4. The topological polar surface area (TPSA) is 53.4 Å². The molecule has 2 heterocycles. The second-order valence-corrected chi connectivity index (χ2v) is 5.59. The van der Waals surface area contributed by atoms with Crippen LogP contribution in [-0.2, 0) is 16.0 Å². The number of esters is 1. The molecule has 19 heavy (non-hydrogen) atoms. The molecular formula is C14H22N2O3. The molecule has 5 heteroatoms. The molecule has 0 unspecified atom stereocenters. The Hall–Kier alpha value is -1.36. The van der Waals surface area contributed by atoms with E-state index in [1.165, 1.54) is 0 Å². The Kier molecular flexibility index (Phi) is 4.58. The highest BCUT2D eigenvalue weighted by atomic mass is 16.6. The van der Waals surface area contributed by atoms with Gasteiger partial charge in [-0.3, -0.25) is 4.68 Å². The lowest BCUT2D eigenvalue weighted by Gasteiger charge is -2.10. The molecule has 1 aromatic heterocycles. The van der Waals surface area contributed by atoms with Crippen molar-refractivity contribution in [1.29, 1.82) is 0 Å². The number of hydrogen-bond donors (Lipinski definition) is 0. The van der Waals surface area contributed by atoms with Crippen LogP contribution >= 0.6 is 0 Å². The summed E-state index contributed by atoms with van der Waals surface area (Å²) in [6.45, 7) is 7.39. The van der Waals surface area contributed by atoms with E-state index >= 15 is 0 Å². The summed E-state index contributed by atoms with van der Waals surface area (Å²) in [4.78, 5) is 11.9. The zero-order chi connectivity index (χ0) is 13.8. The molecule has 0 aliphatic carbocycles. The third-order valence-electron chi connectivity index (χ3n) is 3.14. The smallest absolute Gasteiger partial charge is 0.341 e. The van der Waals surface area contributed by atoms with Crippen molar-refractivity contribution in [2.45, 2.75) is 52.4 Å². The molecule has 0 amide bonds. The van der Waals surface area contributed by atoms with E-state index in [9.17, 15) is 4.79 Å². The maximum absolute atomic E-state index is 11.9. The quantitative estimate of drug-likeness (QED) is 0.767. The van der Waals surface area contributed by atoms with Gasteiger partial charge in [0, 0.05) is 12.7 Å². The molecule has 0 aromatic carbocycles. The average molecular weight is 266 g/mol. The third-order valence-corrected chi connectivity index (χ3v) is 3.14. The van der Waals surface area contributed by atoms with Gasteiger partial charge in [-0.2, -0.15) is 5.10 Å². The summed E-state index contributed by atoms with van der Waals surface area (Å²) < 4.78 is 12.6. The summed E-state index contributed by atoms with van der Waals surface area (Å²) in [6.07, 6.45) is 5.61. The minimum absolute atomic E-state index is 0.0460. The Morgan fingerprint density at radius 2 is 2.37 bits per heavy atom. The van der Waals surface area contributed by atoms with E-state index in [1.54, 1.807) is 17.1 Å². The van der Waals surface area contributed by atoms with Crippen molar-refractivity contribution in [2.24, 2.45) is 5.92 Å². The number of ether oxygens (including phenoxy) is 2. The minimum Gasteiger partial charge on any atom is -0.459 e. The highest BCUT2D eigenvalue weighted by Crippen LogP contribution is 2.19. The van der Waals surface area contributed by atoms with Gasteiger partial charge in [0.15, 0.2) is 0 Å². The fraction of sp³-hybridized carbons (Fsp3) is 0.714. The fourth-order valence-corrected chi connectivity index (χ4v) is 2.20. The zero-order valence-corrected chi connectivity index (χ0v) is 11.8. The second-order valence-electron chi connectivity index (χ2n) is 5.59. The Balaban J connectivity index is 1.81. The molecule has 1 aliphatic heterocycles. The van der Waals surface area contributed by atoms with Crippen molar-refractivity contribution < 1.29 is 14.3 Å². The van der Waals surface area contributed by atoms with Crippen LogP contribution in [0.25, 0.3) is 0 Å². The minimum atomic E-state index is -0.321. The summed E-state index contributed by atoms with van der Waals surface area (Å²) in [6, 6.07) is 0. The van der Waals surface area contributed by atoms with Gasteiger partial charge in [-0.25, -0.2) is 4.79 Å². The molecule has 1 aromatic rings. The van der Waals surface area contributed by atoms with Crippen LogP contribution in [0.1, 0.15) is 44.0 Å². The molecule has 106 valence electrons. The van der Waals surface area contributed by atoms with Crippen LogP contribution in [0.2, 0.25) is 0 Å². The predicted octanol–water partition coefficient (Wildman–Crippen LogP) is 2.26. The fourth-order valence-electron chi connectivity index (χ4n) is 2.20. The van der Waals surface area contributed by atoms with Crippen molar-refractivity contribution in [3.05, 3.63) is 18.0 Å². The predicted molar refractivity (Wildman–Crippen MR) is 70.9 cm³/mol. The Labute approximate surface area is 113 Å². The zero-order valence-electron chi connectivity index (χ0n) is 11.8. The van der Waals surface area contributed by atoms with E-state index in [0.717, 1.165) is 19.4 Å². The monoisotopic (exact) mass is 266 g/mol. The lowest BCUT2D eigenvalue weighted by atomic mass is 10.2. The highest BCUT2D eigenvalue weighted by Gasteiger charge is 2.23. The standard InChI is InChI=1S/C14H22N2O3/c1-10(2)7-16-8-12(6-15-16)14(17)18-9-13-5-4-11(3)19-13/h6,8,10-11,13H,4-5,7,9H2,1-3H3/t11-,13+/m0/s1. The van der Waals surface area contributed by atoms with E-state index < -0.39 is 0 Å². The van der Waals surface area contributed by atoms with Gasteiger partial charge in [0.25, 0.3) is 0 Å². The number of rotatable bonds is 5. The van der Waals surface area contributed by atoms with Crippen molar-refractivity contribution >= 4 is 5.97 Å². The molecule has 1 aliphatic rings. The van der Waals surface area contributed by atoms with E-state index in [4.69, 9.17) is 9.47 Å². The molecule has 0 radical (unpaired) electrons. The average Bonchev–Trinajstić information content (AvgIpc) is 2.95. The third kappa shape index (κ3) is 4.06. The summed E-state index contributed by atoms with van der Waals surface area (Å²) in [5, 5.41) is 4.15. The van der Waals surface area contributed by atoms with Gasteiger partial charge in [0.2, 0.25) is 0 Å². The van der Waals surface area contributed by atoms with Crippen molar-refractivity contribution in [2.75, 3.05) is 6.61 Å². The summed E-state index contributed by atoms with van der Waals surface area (Å²) >= 11 is 0. The molecule has 1 saturated heterocycles. The molecule has 5 nitrogen and oxygen atoms in total. The van der Waals surface area contributed by atoms with Gasteiger partial charge in [0.1, 0.15) is 6.61 Å². The Bertz CT molecular complexity index is 428. The molecule has 1 fully saturated rings. The number of carbonyl (C=O) groups excluding carboxylic acids is 1. The van der Waals surface area contributed by atoms with Gasteiger partial charge < -0.3 is 9.47 Å². The molecule has 0 saturated carbocycles. The maximum Gasteiger partial charge on any atom is 0.341 e. The van der Waals surface area contributed by atoms with Crippen LogP contribution < -0.4 is 0 Å². The number of carbonyl (C=O) groups is 1. The Morgan fingerprint density at radius 1 is 1.58 bits per heavy atom. The number of aromatic nitrogens is 2. The van der Waals surface area contributed by atoms with Crippen molar-refractivity contribution in [3.8, 4) is 0 Å². The van der Waals surface area contributed by atoms with E-state index in [0.29, 0.717) is 18.1 Å². The lowest BCUT2D eigenvalue weighted by molar-refractivity contribution is -0.00266. The molecule has 0 bridgehead atoms. The summed E-state index contributed by atoms with van der Waals surface area (Å²) in [7, 11) is 0. The van der Waals surface area contributed by atoms with Crippen molar-refractivity contribution in [3.63, 3.8) is 0 Å². The first-order valence-corrected chi connectivity index (χ1v) is 6.89. The second kappa shape index (κ2) is 6.19. The van der Waals surface area contributed by atoms with Crippen LogP contribution in [0.3, 0.4) is 0 Å². The SMILES string of the molecule is CC(C)Cn1cc(C(=O)OC[C@H]2CC[C@H](C)O2)cn1. The van der Waals surface area contributed by atoms with Gasteiger partial charge >= 0.3 is 5.97 Å². The summed E-state index contributed by atoms with van der Waals surface area (Å²) in [5.41, 5.74) is 0.506. The highest BCUT2D eigenvalue weighted by molar-refractivity contribution is 5.88. The van der Waals surface area contributed by atoms with Gasteiger partial charge in [-0.15, -0.1) is 0 Å². The van der Waals surface area contributed by atoms with Gasteiger partial charge in [-0.1, -0.05) is 13.8 Å². The molecule has 2 rings (SSSR count). The first-order valence-electron chi connectivity index (χ1n) is 6.89. The molecular weight excluding hydrogens is 244 g/mol. The molecule has 0 spiro atoms. The largest absolute Gasteiger partial charge is 0.459 e. The molecule has 2 atom stereocenters. The van der Waals surface area contributed by atoms with E-state index in [-0.39, 0.29) is 18.2 Å². The van der Waals surface area contributed by atoms with Crippen LogP contribution in [-0.4, -0.2) is 34.6 Å². The summed E-state index contributed by atoms with van der Waals surface area (Å²) in [5.74, 6) is 0.176. The first-order chi connectivity index (χ1) is 9.04. The Morgan fingerprint density at radius 3 is 3.00 bits per heavy atom. The lowest BCUT2D eigenvalue weighted by Crippen LogP contribution is -2.18. The van der Waals surface area contributed by atoms with Crippen LogP contribution in [0, 0.1) is 5.92 Å². The van der Waals surface area contributed by atoms with Crippen molar-refractivity contribution in [1.82, 2.24) is 9.78 Å². The number of nitrogens with zero attached hydrogens (tertiary/aromatic N) is 2. The van der Waals surface area contributed by atoms with Gasteiger partial charge in [-0.05, 0) is 25.7 Å².